The van der Waals surface area contributed by atoms with Gasteiger partial charge in [-0.15, -0.1) is 0 Å². The second-order valence-electron chi connectivity index (χ2n) is 4.02. The van der Waals surface area contributed by atoms with E-state index in [0.717, 1.165) is 19.4 Å². The summed E-state index contributed by atoms with van der Waals surface area (Å²) in [5.41, 5.74) is 0.461. The third-order valence-electron chi connectivity index (χ3n) is 2.23. The molecule has 1 aliphatic rings. The Hall–Kier alpha value is -0.830. The largest absolute Gasteiger partial charge is 0.462 e. The zero-order valence-corrected chi connectivity index (χ0v) is 8.91. The van der Waals surface area contributed by atoms with Crippen LogP contribution in [0.5, 0.6) is 0 Å². The number of ether oxygens (including phenoxy) is 2. The van der Waals surface area contributed by atoms with E-state index in [1.54, 1.807) is 6.92 Å². The molecule has 0 aromatic rings. The fourth-order valence-corrected chi connectivity index (χ4v) is 1.13. The summed E-state index contributed by atoms with van der Waals surface area (Å²) >= 11 is 0. The van der Waals surface area contributed by atoms with Gasteiger partial charge < -0.3 is 9.47 Å². The molecular weight excluding hydrogens is 180 g/mol. The van der Waals surface area contributed by atoms with Gasteiger partial charge in [0.05, 0.1) is 19.3 Å². The van der Waals surface area contributed by atoms with Crippen LogP contribution in [0.1, 0.15) is 26.7 Å². The lowest BCUT2D eigenvalue weighted by molar-refractivity contribution is -0.140. The first-order valence-electron chi connectivity index (χ1n) is 5.04. The van der Waals surface area contributed by atoms with Gasteiger partial charge in [0.25, 0.3) is 0 Å². The molecule has 0 aromatic carbocycles. The zero-order valence-electron chi connectivity index (χ0n) is 8.91. The molecule has 2 atom stereocenters. The number of rotatable bonds is 6. The van der Waals surface area contributed by atoms with E-state index in [0.29, 0.717) is 24.2 Å². The Balaban J connectivity index is 2.03. The topological polar surface area (TPSA) is 38.8 Å². The number of carbonyl (C=O) groups is 1. The number of carbonyl (C=O) groups excluding carboxylic acids is 1. The Morgan fingerprint density at radius 1 is 1.71 bits per heavy atom. The summed E-state index contributed by atoms with van der Waals surface area (Å²) in [4.78, 5) is 11.1. The van der Waals surface area contributed by atoms with Gasteiger partial charge in [0.1, 0.15) is 0 Å². The average Bonchev–Trinajstić information content (AvgIpc) is 2.94. The lowest BCUT2D eigenvalue weighted by atomic mass is 10.1. The second-order valence-corrected chi connectivity index (χ2v) is 4.02. The zero-order chi connectivity index (χ0) is 10.6. The maximum Gasteiger partial charge on any atom is 0.333 e. The molecule has 2 unspecified atom stereocenters. The van der Waals surface area contributed by atoms with E-state index in [9.17, 15) is 4.79 Å². The van der Waals surface area contributed by atoms with E-state index in [-0.39, 0.29) is 5.97 Å². The maximum absolute atomic E-state index is 11.1. The molecular formula is C11H18O3. The first-order chi connectivity index (χ1) is 6.59. The molecule has 80 valence electrons. The number of esters is 1. The van der Waals surface area contributed by atoms with E-state index >= 15 is 0 Å². The minimum Gasteiger partial charge on any atom is -0.462 e. The van der Waals surface area contributed by atoms with E-state index in [2.05, 4.69) is 13.5 Å². The summed E-state index contributed by atoms with van der Waals surface area (Å²) in [6.45, 7) is 8.64. The number of hydrogen-bond donors (Lipinski definition) is 0. The van der Waals surface area contributed by atoms with Crippen molar-refractivity contribution in [3.05, 3.63) is 12.2 Å². The van der Waals surface area contributed by atoms with Gasteiger partial charge >= 0.3 is 5.97 Å². The molecule has 0 aliphatic carbocycles. The molecule has 1 rings (SSSR count). The van der Waals surface area contributed by atoms with Crippen LogP contribution in [0.15, 0.2) is 12.2 Å². The molecule has 1 heterocycles. The average molecular weight is 198 g/mol. The molecule has 14 heavy (non-hydrogen) atoms. The van der Waals surface area contributed by atoms with Crippen LogP contribution in [0.2, 0.25) is 0 Å². The summed E-state index contributed by atoms with van der Waals surface area (Å²) in [6, 6.07) is 0. The SMILES string of the molecule is C=C(C)C(=O)OCC(C)CCC1CO1. The smallest absolute Gasteiger partial charge is 0.333 e. The van der Waals surface area contributed by atoms with Gasteiger partial charge in [0, 0.05) is 5.57 Å². The summed E-state index contributed by atoms with van der Waals surface area (Å²) in [5.74, 6) is 0.113. The van der Waals surface area contributed by atoms with E-state index in [1.165, 1.54) is 0 Å². The summed E-state index contributed by atoms with van der Waals surface area (Å²) in [5, 5.41) is 0. The van der Waals surface area contributed by atoms with Crippen LogP contribution in [0, 0.1) is 5.92 Å². The highest BCUT2D eigenvalue weighted by atomic mass is 16.6. The lowest BCUT2D eigenvalue weighted by Gasteiger charge is -2.10. The molecule has 0 spiro atoms. The fourth-order valence-electron chi connectivity index (χ4n) is 1.13. The second kappa shape index (κ2) is 5.15. The van der Waals surface area contributed by atoms with Crippen molar-refractivity contribution < 1.29 is 14.3 Å². The van der Waals surface area contributed by atoms with Gasteiger partial charge in [-0.05, 0) is 25.7 Å². The highest BCUT2D eigenvalue weighted by Crippen LogP contribution is 2.19. The molecule has 0 radical (unpaired) electrons. The molecule has 3 nitrogen and oxygen atoms in total. The van der Waals surface area contributed by atoms with Crippen LogP contribution in [0.4, 0.5) is 0 Å². The quantitative estimate of drug-likeness (QED) is 0.372. The van der Waals surface area contributed by atoms with Gasteiger partial charge in [-0.1, -0.05) is 13.5 Å². The molecule has 0 saturated carbocycles. The third-order valence-corrected chi connectivity index (χ3v) is 2.23. The minimum absolute atomic E-state index is 0.292. The Morgan fingerprint density at radius 2 is 2.36 bits per heavy atom. The third kappa shape index (κ3) is 4.42. The van der Waals surface area contributed by atoms with Crippen molar-refractivity contribution in [1.82, 2.24) is 0 Å². The van der Waals surface area contributed by atoms with Crippen LogP contribution in [0.25, 0.3) is 0 Å². The molecule has 0 aromatic heterocycles. The Bertz CT molecular complexity index is 219. The van der Waals surface area contributed by atoms with Gasteiger partial charge in [0.15, 0.2) is 0 Å². The van der Waals surface area contributed by atoms with Crippen molar-refractivity contribution in [2.45, 2.75) is 32.8 Å². The van der Waals surface area contributed by atoms with Crippen molar-refractivity contribution in [3.63, 3.8) is 0 Å². The lowest BCUT2D eigenvalue weighted by Crippen LogP contribution is -2.12. The minimum atomic E-state index is -0.292. The van der Waals surface area contributed by atoms with Crippen molar-refractivity contribution in [1.29, 1.82) is 0 Å². The Kier molecular flexibility index (Phi) is 4.14. The predicted molar refractivity (Wildman–Crippen MR) is 53.9 cm³/mol. The highest BCUT2D eigenvalue weighted by molar-refractivity contribution is 5.86. The standard InChI is InChI=1S/C11H18O3/c1-8(2)11(12)14-6-9(3)4-5-10-7-13-10/h9-10H,1,4-7H2,2-3H3. The molecule has 0 N–H and O–H groups in total. The van der Waals surface area contributed by atoms with Gasteiger partial charge in [-0.3, -0.25) is 0 Å². The molecule has 1 saturated heterocycles. The van der Waals surface area contributed by atoms with Crippen molar-refractivity contribution in [2.24, 2.45) is 5.92 Å². The van der Waals surface area contributed by atoms with E-state index < -0.39 is 0 Å². The number of epoxide rings is 1. The summed E-state index contributed by atoms with van der Waals surface area (Å²) in [7, 11) is 0. The number of hydrogen-bond acceptors (Lipinski definition) is 3. The molecule has 1 fully saturated rings. The van der Waals surface area contributed by atoms with E-state index in [4.69, 9.17) is 9.47 Å². The van der Waals surface area contributed by atoms with Gasteiger partial charge in [-0.25, -0.2) is 4.79 Å². The normalized spacial score (nSPS) is 21.4. The molecule has 3 heteroatoms. The summed E-state index contributed by atoms with van der Waals surface area (Å²) in [6.07, 6.45) is 2.59. The predicted octanol–water partition coefficient (Wildman–Crippen LogP) is 1.92. The van der Waals surface area contributed by atoms with Gasteiger partial charge in [-0.2, -0.15) is 0 Å². The maximum atomic E-state index is 11.1. The first-order valence-corrected chi connectivity index (χ1v) is 5.04. The monoisotopic (exact) mass is 198 g/mol. The summed E-state index contributed by atoms with van der Waals surface area (Å²) < 4.78 is 10.1. The Labute approximate surface area is 85.1 Å². The van der Waals surface area contributed by atoms with Crippen LogP contribution in [-0.2, 0) is 14.3 Å². The molecule has 0 amide bonds. The van der Waals surface area contributed by atoms with Crippen molar-refractivity contribution in [2.75, 3.05) is 13.2 Å². The molecule has 1 aliphatic heterocycles. The van der Waals surface area contributed by atoms with E-state index in [1.807, 2.05) is 0 Å². The van der Waals surface area contributed by atoms with Crippen LogP contribution in [0.3, 0.4) is 0 Å². The van der Waals surface area contributed by atoms with Crippen LogP contribution >= 0.6 is 0 Å². The highest BCUT2D eigenvalue weighted by Gasteiger charge is 2.22. The van der Waals surface area contributed by atoms with Crippen molar-refractivity contribution >= 4 is 5.97 Å². The van der Waals surface area contributed by atoms with Gasteiger partial charge in [0.2, 0.25) is 0 Å². The van der Waals surface area contributed by atoms with Crippen LogP contribution < -0.4 is 0 Å². The van der Waals surface area contributed by atoms with Crippen molar-refractivity contribution in [3.8, 4) is 0 Å². The Morgan fingerprint density at radius 3 is 2.86 bits per heavy atom. The molecule has 0 bridgehead atoms. The first kappa shape index (κ1) is 11.2. The van der Waals surface area contributed by atoms with Crippen LogP contribution in [-0.4, -0.2) is 25.3 Å². The fraction of sp³-hybridized carbons (Fsp3) is 0.727.